The van der Waals surface area contributed by atoms with Gasteiger partial charge in [-0.25, -0.2) is 0 Å². The van der Waals surface area contributed by atoms with Crippen LogP contribution in [0.25, 0.3) is 0 Å². The van der Waals surface area contributed by atoms with Crippen LogP contribution in [-0.2, 0) is 4.74 Å². The van der Waals surface area contributed by atoms with Crippen molar-refractivity contribution in [2.24, 2.45) is 0 Å². The van der Waals surface area contributed by atoms with Crippen LogP contribution in [0.3, 0.4) is 0 Å². The van der Waals surface area contributed by atoms with Crippen LogP contribution >= 0.6 is 0 Å². The van der Waals surface area contributed by atoms with Crippen LogP contribution in [0.4, 0.5) is 0 Å². The average Bonchev–Trinajstić information content (AvgIpc) is 2.14. The molecule has 4 nitrogen and oxygen atoms in total. The van der Waals surface area contributed by atoms with E-state index in [1.165, 1.54) is 0 Å². The molecule has 0 radical (unpaired) electrons. The summed E-state index contributed by atoms with van der Waals surface area (Å²) in [5.41, 5.74) is 0. The van der Waals surface area contributed by atoms with E-state index in [0.29, 0.717) is 0 Å². The summed E-state index contributed by atoms with van der Waals surface area (Å²) in [5.74, 6) is 0. The fourth-order valence-corrected chi connectivity index (χ4v) is 0.916. The molecule has 0 heterocycles. The molecule has 0 fully saturated rings. The second-order valence-corrected chi connectivity index (χ2v) is 3.17. The van der Waals surface area contributed by atoms with Gasteiger partial charge < -0.3 is 20.1 Å². The summed E-state index contributed by atoms with van der Waals surface area (Å²) >= 11 is 0. The van der Waals surface area contributed by atoms with Crippen LogP contribution in [0, 0.1) is 0 Å². The van der Waals surface area contributed by atoms with Gasteiger partial charge in [0, 0.05) is 0 Å². The van der Waals surface area contributed by atoms with E-state index in [1.807, 2.05) is 0 Å². The highest BCUT2D eigenvalue weighted by molar-refractivity contribution is 4.55. The van der Waals surface area contributed by atoms with Gasteiger partial charge in [-0.3, -0.25) is 0 Å². The Kier molecular flexibility index (Phi) is 8.33. The minimum Gasteiger partial charge on any atom is -0.394 e. The average molecular weight is 192 g/mol. The molecule has 4 heteroatoms. The van der Waals surface area contributed by atoms with E-state index in [0.717, 1.165) is 19.3 Å². The maximum atomic E-state index is 9.30. The first-order valence-corrected chi connectivity index (χ1v) is 4.75. The predicted molar refractivity (Wildman–Crippen MR) is 49.4 cm³/mol. The van der Waals surface area contributed by atoms with Crippen molar-refractivity contribution in [3.8, 4) is 0 Å². The molecule has 0 saturated heterocycles. The predicted octanol–water partition coefficient (Wildman–Crippen LogP) is -0.0927. The fourth-order valence-electron chi connectivity index (χ4n) is 0.916. The van der Waals surface area contributed by atoms with Crippen molar-refractivity contribution in [2.75, 3.05) is 19.8 Å². The third kappa shape index (κ3) is 8.18. The number of aliphatic hydroxyl groups is 3. The number of aliphatic hydroxyl groups excluding tert-OH is 3. The van der Waals surface area contributed by atoms with E-state index in [1.54, 1.807) is 0 Å². The molecule has 80 valence electrons. The highest BCUT2D eigenvalue weighted by atomic mass is 16.5. The molecule has 2 unspecified atom stereocenters. The minimum absolute atomic E-state index is 0.0830. The van der Waals surface area contributed by atoms with Gasteiger partial charge in [0.05, 0.1) is 25.9 Å². The molecule has 2 atom stereocenters. The van der Waals surface area contributed by atoms with Crippen LogP contribution in [-0.4, -0.2) is 47.3 Å². The second kappa shape index (κ2) is 8.44. The zero-order valence-electron chi connectivity index (χ0n) is 8.15. The van der Waals surface area contributed by atoms with E-state index < -0.39 is 12.2 Å². The Bertz CT molecular complexity index is 108. The number of unbranched alkanes of at least 4 members (excludes halogenated alkanes) is 1. The maximum Gasteiger partial charge on any atom is 0.100 e. The molecule has 0 spiro atoms. The lowest BCUT2D eigenvalue weighted by molar-refractivity contribution is -0.0261. The van der Waals surface area contributed by atoms with Crippen LogP contribution < -0.4 is 0 Å². The lowest BCUT2D eigenvalue weighted by Gasteiger charge is -2.12. The highest BCUT2D eigenvalue weighted by Gasteiger charge is 2.06. The molecule has 13 heavy (non-hydrogen) atoms. The summed E-state index contributed by atoms with van der Waals surface area (Å²) in [6, 6.07) is 0. The summed E-state index contributed by atoms with van der Waals surface area (Å²) in [6.45, 7) is 2.07. The largest absolute Gasteiger partial charge is 0.394 e. The first kappa shape index (κ1) is 12.8. The van der Waals surface area contributed by atoms with E-state index in [4.69, 9.17) is 14.9 Å². The Hall–Kier alpha value is -0.160. The monoisotopic (exact) mass is 192 g/mol. The normalized spacial score (nSPS) is 15.7. The van der Waals surface area contributed by atoms with E-state index >= 15 is 0 Å². The molecule has 0 bridgehead atoms. The molecule has 0 saturated carbocycles. The van der Waals surface area contributed by atoms with Crippen molar-refractivity contribution < 1.29 is 20.1 Å². The maximum absolute atomic E-state index is 9.30. The van der Waals surface area contributed by atoms with E-state index in [-0.39, 0.29) is 19.8 Å². The molecular weight excluding hydrogens is 172 g/mol. The first-order valence-electron chi connectivity index (χ1n) is 4.75. The molecule has 0 aliphatic carbocycles. The molecule has 0 aliphatic heterocycles. The van der Waals surface area contributed by atoms with Crippen molar-refractivity contribution in [3.63, 3.8) is 0 Å². The summed E-state index contributed by atoms with van der Waals surface area (Å²) in [5, 5.41) is 26.6. The highest BCUT2D eigenvalue weighted by Crippen LogP contribution is 2.00. The van der Waals surface area contributed by atoms with Gasteiger partial charge in [0.15, 0.2) is 0 Å². The van der Waals surface area contributed by atoms with Gasteiger partial charge in [-0.15, -0.1) is 0 Å². The van der Waals surface area contributed by atoms with Crippen LogP contribution in [0.1, 0.15) is 26.2 Å². The summed E-state index contributed by atoms with van der Waals surface area (Å²) in [6.07, 6.45) is 1.47. The molecule has 0 amide bonds. The Morgan fingerprint density at radius 2 is 1.77 bits per heavy atom. The van der Waals surface area contributed by atoms with Gasteiger partial charge in [-0.2, -0.15) is 0 Å². The van der Waals surface area contributed by atoms with Crippen molar-refractivity contribution in [1.29, 1.82) is 0 Å². The van der Waals surface area contributed by atoms with Crippen LogP contribution in [0.2, 0.25) is 0 Å². The standard InChI is InChI=1S/C9H20O4/c1-2-3-4-8(11)6-13-7-9(12)5-10/h8-12H,2-7H2,1H3. The lowest BCUT2D eigenvalue weighted by Crippen LogP contribution is -2.23. The first-order chi connectivity index (χ1) is 6.20. The van der Waals surface area contributed by atoms with Crippen molar-refractivity contribution >= 4 is 0 Å². The summed E-state index contributed by atoms with van der Waals surface area (Å²) in [7, 11) is 0. The summed E-state index contributed by atoms with van der Waals surface area (Å²) in [4.78, 5) is 0. The molecule has 3 N–H and O–H groups in total. The van der Waals surface area contributed by atoms with Gasteiger partial charge in [0.1, 0.15) is 6.10 Å². The third-order valence-corrected chi connectivity index (χ3v) is 1.72. The molecule has 0 aromatic heterocycles. The van der Waals surface area contributed by atoms with E-state index in [9.17, 15) is 5.11 Å². The molecule has 0 aromatic rings. The molecular formula is C9H20O4. The topological polar surface area (TPSA) is 69.9 Å². The summed E-state index contributed by atoms with van der Waals surface area (Å²) < 4.78 is 4.99. The number of hydrogen-bond donors (Lipinski definition) is 3. The number of rotatable bonds is 8. The minimum atomic E-state index is -0.835. The van der Waals surface area contributed by atoms with Gasteiger partial charge in [0.2, 0.25) is 0 Å². The van der Waals surface area contributed by atoms with Crippen LogP contribution in [0.15, 0.2) is 0 Å². The Morgan fingerprint density at radius 3 is 2.31 bits per heavy atom. The Labute approximate surface area is 79.2 Å². The third-order valence-electron chi connectivity index (χ3n) is 1.72. The zero-order valence-corrected chi connectivity index (χ0v) is 8.15. The van der Waals surface area contributed by atoms with Gasteiger partial charge in [-0.05, 0) is 6.42 Å². The second-order valence-electron chi connectivity index (χ2n) is 3.17. The zero-order chi connectivity index (χ0) is 10.1. The Balaban J connectivity index is 3.21. The van der Waals surface area contributed by atoms with Gasteiger partial charge in [-0.1, -0.05) is 19.8 Å². The van der Waals surface area contributed by atoms with Crippen molar-refractivity contribution in [2.45, 2.75) is 38.4 Å². The number of ether oxygens (including phenoxy) is 1. The smallest absolute Gasteiger partial charge is 0.100 e. The SMILES string of the molecule is CCCCC(O)COCC(O)CO. The Morgan fingerprint density at radius 1 is 1.15 bits per heavy atom. The molecule has 0 aromatic carbocycles. The molecule has 0 rings (SSSR count). The quantitative estimate of drug-likeness (QED) is 0.502. The lowest BCUT2D eigenvalue weighted by atomic mass is 10.2. The number of hydrogen-bond acceptors (Lipinski definition) is 4. The molecule has 0 aliphatic rings. The van der Waals surface area contributed by atoms with E-state index in [2.05, 4.69) is 6.92 Å². The fraction of sp³-hybridized carbons (Fsp3) is 1.00. The van der Waals surface area contributed by atoms with Crippen LogP contribution in [0.5, 0.6) is 0 Å². The van der Waals surface area contributed by atoms with Crippen molar-refractivity contribution in [3.05, 3.63) is 0 Å². The van der Waals surface area contributed by atoms with Gasteiger partial charge in [0.25, 0.3) is 0 Å². The van der Waals surface area contributed by atoms with Crippen molar-refractivity contribution in [1.82, 2.24) is 0 Å². The van der Waals surface area contributed by atoms with Gasteiger partial charge >= 0.3 is 0 Å².